The van der Waals surface area contributed by atoms with Crippen molar-refractivity contribution in [3.8, 4) is 0 Å². The first-order valence-electron chi connectivity index (χ1n) is 11.5. The highest BCUT2D eigenvalue weighted by Crippen LogP contribution is 2.27. The summed E-state index contributed by atoms with van der Waals surface area (Å²) in [5.41, 5.74) is 2.00. The van der Waals surface area contributed by atoms with Gasteiger partial charge in [0, 0.05) is 12.6 Å². The largest absolute Gasteiger partial charge is 0.444 e. The Morgan fingerprint density at radius 1 is 1.09 bits per heavy atom. The van der Waals surface area contributed by atoms with E-state index < -0.39 is 23.8 Å². The quantitative estimate of drug-likeness (QED) is 0.535. The summed E-state index contributed by atoms with van der Waals surface area (Å²) in [5.74, 6) is -0.892. The SMILES string of the molecule is C=CCN(C(=O)C(NC(=O)OC(C)(C)C)C(C)C)C(C(=O)NC(C)C)c1ccc(C)cc1C. The van der Waals surface area contributed by atoms with Crippen LogP contribution in [0.5, 0.6) is 0 Å². The molecule has 0 saturated heterocycles. The number of nitrogens with zero attached hydrogens (tertiary/aromatic N) is 1. The van der Waals surface area contributed by atoms with Gasteiger partial charge in [-0.1, -0.05) is 43.7 Å². The number of carbonyl (C=O) groups excluding carboxylic acids is 3. The average molecular weight is 460 g/mol. The summed E-state index contributed by atoms with van der Waals surface area (Å²) in [4.78, 5) is 41.1. The van der Waals surface area contributed by atoms with E-state index in [0.717, 1.165) is 16.7 Å². The maximum atomic E-state index is 13.8. The smallest absolute Gasteiger partial charge is 0.408 e. The molecule has 1 aromatic carbocycles. The molecule has 3 amide bonds. The minimum atomic E-state index is -0.875. The molecule has 33 heavy (non-hydrogen) atoms. The van der Waals surface area contributed by atoms with Gasteiger partial charge in [0.15, 0.2) is 0 Å². The Morgan fingerprint density at radius 2 is 1.70 bits per heavy atom. The second kappa shape index (κ2) is 11.9. The molecule has 7 heteroatoms. The summed E-state index contributed by atoms with van der Waals surface area (Å²) in [6.45, 7) is 20.5. The normalized spacial score (nSPS) is 13.3. The van der Waals surface area contributed by atoms with E-state index in [-0.39, 0.29) is 30.3 Å². The second-order valence-corrected chi connectivity index (χ2v) is 10.1. The van der Waals surface area contributed by atoms with Crippen molar-refractivity contribution in [2.24, 2.45) is 5.92 Å². The molecule has 0 spiro atoms. The fraction of sp³-hybridized carbons (Fsp3) is 0.577. The third-order valence-corrected chi connectivity index (χ3v) is 4.92. The monoisotopic (exact) mass is 459 g/mol. The van der Waals surface area contributed by atoms with Crippen LogP contribution in [0.1, 0.15) is 71.2 Å². The maximum absolute atomic E-state index is 13.8. The number of aryl methyl sites for hydroxylation is 2. The Hall–Kier alpha value is -2.83. The van der Waals surface area contributed by atoms with Crippen molar-refractivity contribution >= 4 is 17.9 Å². The van der Waals surface area contributed by atoms with Crippen molar-refractivity contribution in [3.63, 3.8) is 0 Å². The summed E-state index contributed by atoms with van der Waals surface area (Å²) in [7, 11) is 0. The number of hydrogen-bond donors (Lipinski definition) is 2. The summed E-state index contributed by atoms with van der Waals surface area (Å²) in [6.07, 6.45) is 0.907. The zero-order valence-corrected chi connectivity index (χ0v) is 21.6. The zero-order valence-electron chi connectivity index (χ0n) is 21.6. The molecular weight excluding hydrogens is 418 g/mol. The highest BCUT2D eigenvalue weighted by atomic mass is 16.6. The molecule has 0 bridgehead atoms. The number of alkyl carbamates (subject to hydrolysis) is 1. The molecule has 0 fully saturated rings. The van der Waals surface area contributed by atoms with E-state index in [2.05, 4.69) is 17.2 Å². The Labute approximate surface area is 198 Å². The molecule has 0 aliphatic rings. The van der Waals surface area contributed by atoms with Crippen LogP contribution >= 0.6 is 0 Å². The summed E-state index contributed by atoms with van der Waals surface area (Å²) < 4.78 is 5.37. The Balaban J connectivity index is 3.47. The Morgan fingerprint density at radius 3 is 2.15 bits per heavy atom. The van der Waals surface area contributed by atoms with Crippen LogP contribution in [0.25, 0.3) is 0 Å². The van der Waals surface area contributed by atoms with E-state index in [9.17, 15) is 14.4 Å². The van der Waals surface area contributed by atoms with Crippen LogP contribution in [-0.4, -0.2) is 47.0 Å². The molecule has 0 aromatic heterocycles. The first-order valence-corrected chi connectivity index (χ1v) is 11.5. The molecule has 0 aliphatic heterocycles. The third-order valence-electron chi connectivity index (χ3n) is 4.92. The summed E-state index contributed by atoms with van der Waals surface area (Å²) >= 11 is 0. The van der Waals surface area contributed by atoms with Crippen molar-refractivity contribution in [3.05, 3.63) is 47.5 Å². The van der Waals surface area contributed by atoms with Gasteiger partial charge >= 0.3 is 6.09 Å². The molecule has 0 saturated carbocycles. The molecule has 2 N–H and O–H groups in total. The lowest BCUT2D eigenvalue weighted by molar-refractivity contribution is -0.142. The van der Waals surface area contributed by atoms with E-state index in [1.807, 2.05) is 59.7 Å². The van der Waals surface area contributed by atoms with Crippen LogP contribution in [0.4, 0.5) is 4.79 Å². The second-order valence-electron chi connectivity index (χ2n) is 10.1. The summed E-state index contributed by atoms with van der Waals surface area (Å²) in [6, 6.07) is 3.94. The third kappa shape index (κ3) is 8.56. The van der Waals surface area contributed by atoms with Crippen LogP contribution in [0, 0.1) is 19.8 Å². The van der Waals surface area contributed by atoms with Gasteiger partial charge in [0.25, 0.3) is 0 Å². The summed E-state index contributed by atoms with van der Waals surface area (Å²) in [5, 5.41) is 5.64. The predicted molar refractivity (Wildman–Crippen MR) is 132 cm³/mol. The zero-order chi connectivity index (χ0) is 25.5. The number of carbonyl (C=O) groups is 3. The number of nitrogens with one attached hydrogen (secondary N) is 2. The molecule has 0 radical (unpaired) electrons. The molecule has 184 valence electrons. The number of benzene rings is 1. The minimum absolute atomic E-state index is 0.104. The van der Waals surface area contributed by atoms with Gasteiger partial charge in [0.05, 0.1) is 0 Å². The van der Waals surface area contributed by atoms with E-state index in [1.165, 1.54) is 4.90 Å². The highest BCUT2D eigenvalue weighted by molar-refractivity contribution is 5.92. The van der Waals surface area contributed by atoms with Crippen LogP contribution in [0.15, 0.2) is 30.9 Å². The Bertz CT molecular complexity index is 856. The van der Waals surface area contributed by atoms with E-state index in [0.29, 0.717) is 0 Å². The van der Waals surface area contributed by atoms with Gasteiger partial charge < -0.3 is 20.3 Å². The first-order chi connectivity index (χ1) is 15.2. The maximum Gasteiger partial charge on any atom is 0.408 e. The Kier molecular flexibility index (Phi) is 10.1. The lowest BCUT2D eigenvalue weighted by Gasteiger charge is -2.36. The lowest BCUT2D eigenvalue weighted by Crippen LogP contribution is -2.55. The van der Waals surface area contributed by atoms with Crippen LogP contribution in [0.2, 0.25) is 0 Å². The van der Waals surface area contributed by atoms with Gasteiger partial charge in [0.2, 0.25) is 11.8 Å². The molecule has 2 atom stereocenters. The van der Waals surface area contributed by atoms with Gasteiger partial charge in [-0.2, -0.15) is 0 Å². The molecule has 1 rings (SSSR count). The van der Waals surface area contributed by atoms with Gasteiger partial charge in [0.1, 0.15) is 17.7 Å². The first kappa shape index (κ1) is 28.2. The molecule has 1 aromatic rings. The standard InChI is InChI=1S/C26H41N3O4/c1-11-14-29(24(31)21(16(2)3)28-25(32)33-26(8,9)10)22(23(30)27-17(4)5)20-13-12-18(6)15-19(20)7/h11-13,15-17,21-22H,1,14H2,2-10H3,(H,27,30)(H,28,32). The molecule has 0 heterocycles. The van der Waals surface area contributed by atoms with Crippen LogP contribution < -0.4 is 10.6 Å². The topological polar surface area (TPSA) is 87.7 Å². The fourth-order valence-electron chi connectivity index (χ4n) is 3.53. The molecule has 0 aliphatic carbocycles. The lowest BCUT2D eigenvalue weighted by atomic mass is 9.95. The van der Waals surface area contributed by atoms with Crippen molar-refractivity contribution in [2.75, 3.05) is 6.54 Å². The van der Waals surface area contributed by atoms with Crippen molar-refractivity contribution in [1.29, 1.82) is 0 Å². The molecule has 2 unspecified atom stereocenters. The van der Waals surface area contributed by atoms with Gasteiger partial charge in [-0.05, 0) is 65.5 Å². The number of ether oxygens (including phenoxy) is 1. The highest BCUT2D eigenvalue weighted by Gasteiger charge is 2.37. The molecular formula is C26H41N3O4. The fourth-order valence-corrected chi connectivity index (χ4v) is 3.53. The number of rotatable bonds is 9. The van der Waals surface area contributed by atoms with Crippen molar-refractivity contribution in [1.82, 2.24) is 15.5 Å². The van der Waals surface area contributed by atoms with Crippen molar-refractivity contribution in [2.45, 2.75) is 86.0 Å². The average Bonchev–Trinajstić information content (AvgIpc) is 2.64. The van der Waals surface area contributed by atoms with Crippen LogP contribution in [0.3, 0.4) is 0 Å². The number of hydrogen-bond acceptors (Lipinski definition) is 4. The van der Waals surface area contributed by atoms with Crippen LogP contribution in [-0.2, 0) is 14.3 Å². The van der Waals surface area contributed by atoms with E-state index in [1.54, 1.807) is 26.8 Å². The predicted octanol–water partition coefficient (Wildman–Crippen LogP) is 4.43. The molecule has 7 nitrogen and oxygen atoms in total. The number of amides is 3. The van der Waals surface area contributed by atoms with Gasteiger partial charge in [-0.3, -0.25) is 9.59 Å². The van der Waals surface area contributed by atoms with Gasteiger partial charge in [-0.25, -0.2) is 4.79 Å². The van der Waals surface area contributed by atoms with E-state index in [4.69, 9.17) is 4.74 Å². The van der Waals surface area contributed by atoms with Gasteiger partial charge in [-0.15, -0.1) is 6.58 Å². The van der Waals surface area contributed by atoms with Crippen molar-refractivity contribution < 1.29 is 19.1 Å². The minimum Gasteiger partial charge on any atom is -0.444 e. The van der Waals surface area contributed by atoms with E-state index >= 15 is 0 Å².